The number of carbonyl (C=O) groups is 1. The number of nitro groups is 1. The zero-order valence-corrected chi connectivity index (χ0v) is 10.1. The van der Waals surface area contributed by atoms with E-state index in [1.54, 1.807) is 18.2 Å². The van der Waals surface area contributed by atoms with Crippen molar-refractivity contribution in [2.24, 2.45) is 5.10 Å². The molecule has 0 unspecified atom stereocenters. The fraction of sp³-hybridized carbons (Fsp3) is 0.333. The number of nitrogens with one attached hydrogen (secondary N) is 1. The number of carbonyl (C=O) groups excluding carboxylic acids is 1. The monoisotopic (exact) mass is 249 g/mol. The Balaban J connectivity index is 2.62. The summed E-state index contributed by atoms with van der Waals surface area (Å²) in [5.74, 6) is -0.188. The largest absolute Gasteiger partial charge is 0.278 e. The summed E-state index contributed by atoms with van der Waals surface area (Å²) < 4.78 is 0. The predicted octanol–water partition coefficient (Wildman–Crippen LogP) is 2.24. The van der Waals surface area contributed by atoms with E-state index >= 15 is 0 Å². The molecule has 6 heteroatoms. The minimum Gasteiger partial charge on any atom is -0.273 e. The lowest BCUT2D eigenvalue weighted by Gasteiger charge is -1.98. The van der Waals surface area contributed by atoms with Gasteiger partial charge in [0.25, 0.3) is 5.69 Å². The van der Waals surface area contributed by atoms with Crippen LogP contribution in [-0.4, -0.2) is 17.0 Å². The molecule has 1 N–H and O–H groups in total. The first-order chi connectivity index (χ1) is 8.65. The number of hydrogen-bond acceptors (Lipinski definition) is 4. The second-order valence-corrected chi connectivity index (χ2v) is 3.71. The maximum atomic E-state index is 11.3. The number of amides is 1. The number of rotatable bonds is 6. The highest BCUT2D eigenvalue weighted by molar-refractivity contribution is 5.86. The highest BCUT2D eigenvalue weighted by atomic mass is 16.6. The average molecular weight is 249 g/mol. The number of hydrazone groups is 1. The zero-order valence-electron chi connectivity index (χ0n) is 10.1. The smallest absolute Gasteiger partial charge is 0.273 e. The number of unbranched alkanes of at least 4 members (excludes halogenated alkanes) is 1. The minimum atomic E-state index is -0.486. The molecular weight excluding hydrogens is 234 g/mol. The Morgan fingerprint density at radius 1 is 1.50 bits per heavy atom. The average Bonchev–Trinajstić information content (AvgIpc) is 2.36. The van der Waals surface area contributed by atoms with Crippen LogP contribution in [0.3, 0.4) is 0 Å². The molecule has 18 heavy (non-hydrogen) atoms. The molecule has 0 heterocycles. The van der Waals surface area contributed by atoms with Crippen LogP contribution in [0.4, 0.5) is 5.69 Å². The number of benzene rings is 1. The first kappa shape index (κ1) is 13.8. The third-order valence-corrected chi connectivity index (χ3v) is 2.28. The molecule has 0 fully saturated rings. The number of hydrogen-bond donors (Lipinski definition) is 1. The molecule has 0 bridgehead atoms. The molecule has 0 aliphatic heterocycles. The Labute approximate surface area is 105 Å². The van der Waals surface area contributed by atoms with Gasteiger partial charge in [0.2, 0.25) is 5.91 Å². The molecule has 1 amide bonds. The normalized spacial score (nSPS) is 10.5. The standard InChI is InChI=1S/C12H15N3O3/c1-2-3-8-12(16)14-13-9-10-6-4-5-7-11(10)15(17)18/h4-7,9H,2-3,8H2,1H3,(H,14,16)/b13-9-. The van der Waals surface area contributed by atoms with E-state index in [1.165, 1.54) is 12.3 Å². The maximum Gasteiger partial charge on any atom is 0.278 e. The molecule has 0 spiro atoms. The number of nitro benzene ring substituents is 1. The quantitative estimate of drug-likeness (QED) is 0.476. The SMILES string of the molecule is CCCCC(=O)N/N=C\c1ccccc1[N+](=O)[O-]. The molecule has 0 atom stereocenters. The molecule has 0 aromatic heterocycles. The highest BCUT2D eigenvalue weighted by Crippen LogP contribution is 2.14. The van der Waals surface area contributed by atoms with Crippen molar-refractivity contribution in [2.45, 2.75) is 26.2 Å². The summed E-state index contributed by atoms with van der Waals surface area (Å²) in [6.45, 7) is 1.99. The van der Waals surface area contributed by atoms with Gasteiger partial charge in [-0.2, -0.15) is 5.10 Å². The molecule has 1 rings (SSSR count). The van der Waals surface area contributed by atoms with Gasteiger partial charge in [-0.25, -0.2) is 5.43 Å². The van der Waals surface area contributed by atoms with Crippen molar-refractivity contribution in [2.75, 3.05) is 0 Å². The van der Waals surface area contributed by atoms with Crippen LogP contribution in [0.25, 0.3) is 0 Å². The third kappa shape index (κ3) is 4.32. The Morgan fingerprint density at radius 2 is 2.22 bits per heavy atom. The summed E-state index contributed by atoms with van der Waals surface area (Å²) in [4.78, 5) is 21.5. The lowest BCUT2D eigenvalue weighted by Crippen LogP contribution is -2.16. The van der Waals surface area contributed by atoms with Crippen LogP contribution in [0, 0.1) is 10.1 Å². The van der Waals surface area contributed by atoms with E-state index in [0.29, 0.717) is 12.0 Å². The first-order valence-electron chi connectivity index (χ1n) is 5.70. The van der Waals surface area contributed by atoms with Crippen molar-refractivity contribution in [3.05, 3.63) is 39.9 Å². The van der Waals surface area contributed by atoms with Gasteiger partial charge in [0, 0.05) is 12.5 Å². The molecule has 0 saturated carbocycles. The van der Waals surface area contributed by atoms with Crippen molar-refractivity contribution in [1.29, 1.82) is 0 Å². The van der Waals surface area contributed by atoms with Gasteiger partial charge in [0.15, 0.2) is 0 Å². The van der Waals surface area contributed by atoms with Gasteiger partial charge in [0.1, 0.15) is 0 Å². The minimum absolute atomic E-state index is 0.0379. The van der Waals surface area contributed by atoms with Crippen LogP contribution in [0.15, 0.2) is 29.4 Å². The third-order valence-electron chi connectivity index (χ3n) is 2.28. The van der Waals surface area contributed by atoms with Crippen molar-refractivity contribution >= 4 is 17.8 Å². The van der Waals surface area contributed by atoms with Gasteiger partial charge in [-0.1, -0.05) is 25.5 Å². The summed E-state index contributed by atoms with van der Waals surface area (Å²) in [6, 6.07) is 6.21. The molecule has 0 radical (unpaired) electrons. The predicted molar refractivity (Wildman–Crippen MR) is 68.4 cm³/mol. The van der Waals surface area contributed by atoms with Gasteiger partial charge < -0.3 is 0 Å². The van der Waals surface area contributed by atoms with Crippen molar-refractivity contribution in [1.82, 2.24) is 5.43 Å². The molecular formula is C12H15N3O3. The lowest BCUT2D eigenvalue weighted by molar-refractivity contribution is -0.385. The molecule has 96 valence electrons. The van der Waals surface area contributed by atoms with Crippen LogP contribution >= 0.6 is 0 Å². The van der Waals surface area contributed by atoms with Gasteiger partial charge in [-0.3, -0.25) is 14.9 Å². The molecule has 0 saturated heterocycles. The topological polar surface area (TPSA) is 84.6 Å². The summed E-state index contributed by atoms with van der Waals surface area (Å²) in [7, 11) is 0. The van der Waals surface area contributed by atoms with Crippen LogP contribution in [0.5, 0.6) is 0 Å². The summed E-state index contributed by atoms with van der Waals surface area (Å²) in [6.07, 6.45) is 3.42. The van der Waals surface area contributed by atoms with Crippen molar-refractivity contribution in [3.8, 4) is 0 Å². The second-order valence-electron chi connectivity index (χ2n) is 3.71. The molecule has 0 aliphatic carbocycles. The molecule has 6 nitrogen and oxygen atoms in total. The van der Waals surface area contributed by atoms with Crippen molar-refractivity contribution < 1.29 is 9.72 Å². The van der Waals surface area contributed by atoms with Gasteiger partial charge in [0.05, 0.1) is 16.7 Å². The number of para-hydroxylation sites is 1. The van der Waals surface area contributed by atoms with E-state index in [-0.39, 0.29) is 11.6 Å². The van der Waals surface area contributed by atoms with Gasteiger partial charge >= 0.3 is 0 Å². The summed E-state index contributed by atoms with van der Waals surface area (Å²) in [5.41, 5.74) is 2.66. The maximum absolute atomic E-state index is 11.3. The zero-order chi connectivity index (χ0) is 13.4. The van der Waals surface area contributed by atoms with E-state index in [1.807, 2.05) is 6.92 Å². The van der Waals surface area contributed by atoms with Crippen LogP contribution < -0.4 is 5.43 Å². The Morgan fingerprint density at radius 3 is 2.89 bits per heavy atom. The number of nitrogens with zero attached hydrogens (tertiary/aromatic N) is 2. The van der Waals surface area contributed by atoms with E-state index in [0.717, 1.165) is 12.8 Å². The summed E-state index contributed by atoms with van der Waals surface area (Å²) in [5, 5.41) is 14.4. The Kier molecular flexibility index (Phi) is 5.50. The van der Waals surface area contributed by atoms with E-state index in [4.69, 9.17) is 0 Å². The lowest BCUT2D eigenvalue weighted by atomic mass is 10.2. The Hall–Kier alpha value is -2.24. The molecule has 1 aromatic rings. The first-order valence-corrected chi connectivity index (χ1v) is 5.70. The van der Waals surface area contributed by atoms with Gasteiger partial charge in [-0.05, 0) is 12.5 Å². The second kappa shape index (κ2) is 7.16. The highest BCUT2D eigenvalue weighted by Gasteiger charge is 2.09. The van der Waals surface area contributed by atoms with E-state index < -0.39 is 4.92 Å². The van der Waals surface area contributed by atoms with E-state index in [2.05, 4.69) is 10.5 Å². The summed E-state index contributed by atoms with van der Waals surface area (Å²) >= 11 is 0. The Bertz CT molecular complexity index is 458. The molecule has 1 aromatic carbocycles. The fourth-order valence-corrected chi connectivity index (χ4v) is 1.33. The van der Waals surface area contributed by atoms with E-state index in [9.17, 15) is 14.9 Å². The van der Waals surface area contributed by atoms with Crippen LogP contribution in [0.1, 0.15) is 31.7 Å². The van der Waals surface area contributed by atoms with Gasteiger partial charge in [-0.15, -0.1) is 0 Å². The van der Waals surface area contributed by atoms with Crippen LogP contribution in [-0.2, 0) is 4.79 Å². The molecule has 0 aliphatic rings. The van der Waals surface area contributed by atoms with Crippen molar-refractivity contribution in [3.63, 3.8) is 0 Å². The van der Waals surface area contributed by atoms with Crippen LogP contribution in [0.2, 0.25) is 0 Å². The fourth-order valence-electron chi connectivity index (χ4n) is 1.33.